The molecule has 2 aromatic carbocycles. The van der Waals surface area contributed by atoms with E-state index in [-0.39, 0.29) is 5.91 Å². The van der Waals surface area contributed by atoms with Crippen LogP contribution in [0.15, 0.2) is 61.1 Å². The summed E-state index contributed by atoms with van der Waals surface area (Å²) in [5.41, 5.74) is 4.13. The van der Waals surface area contributed by atoms with Crippen LogP contribution in [0.25, 0.3) is 0 Å². The van der Waals surface area contributed by atoms with Gasteiger partial charge in [-0.05, 0) is 68.2 Å². The molecule has 1 aliphatic heterocycles. The second-order valence-corrected chi connectivity index (χ2v) is 8.33. The lowest BCUT2D eigenvalue weighted by atomic mass is 9.86. The molecule has 0 aliphatic carbocycles. The van der Waals surface area contributed by atoms with Gasteiger partial charge in [0.25, 0.3) is 0 Å². The van der Waals surface area contributed by atoms with Gasteiger partial charge >= 0.3 is 0 Å². The van der Waals surface area contributed by atoms with Crippen molar-refractivity contribution in [3.63, 3.8) is 0 Å². The van der Waals surface area contributed by atoms with Crippen LogP contribution in [0, 0.1) is 18.3 Å². The molecular formula is C25H28N6O. The van der Waals surface area contributed by atoms with Crippen LogP contribution in [0.5, 0.6) is 0 Å². The number of rotatable bonds is 7. The largest absolute Gasteiger partial charge is 0.371 e. The van der Waals surface area contributed by atoms with Gasteiger partial charge in [-0.15, -0.1) is 0 Å². The predicted molar refractivity (Wildman–Crippen MR) is 124 cm³/mol. The maximum absolute atomic E-state index is 13.4. The summed E-state index contributed by atoms with van der Waals surface area (Å²) in [5.74, 6) is 0.00614. The van der Waals surface area contributed by atoms with Crippen LogP contribution in [0.1, 0.15) is 35.2 Å². The van der Waals surface area contributed by atoms with Crippen molar-refractivity contribution in [2.45, 2.75) is 38.4 Å². The maximum Gasteiger partial charge on any atom is 0.246 e. The lowest BCUT2D eigenvalue weighted by Gasteiger charge is -2.38. The van der Waals surface area contributed by atoms with Crippen molar-refractivity contribution in [3.8, 4) is 6.07 Å². The van der Waals surface area contributed by atoms with E-state index in [4.69, 9.17) is 5.26 Å². The number of carbonyl (C=O) groups excluding carboxylic acids is 1. The second-order valence-electron chi connectivity index (χ2n) is 8.33. The van der Waals surface area contributed by atoms with E-state index >= 15 is 0 Å². The van der Waals surface area contributed by atoms with E-state index in [0.29, 0.717) is 18.7 Å². The molecular weight excluding hydrogens is 400 g/mol. The maximum atomic E-state index is 13.4. The summed E-state index contributed by atoms with van der Waals surface area (Å²) < 4.78 is 2.02. The van der Waals surface area contributed by atoms with Crippen molar-refractivity contribution in [2.75, 3.05) is 18.4 Å². The number of carbonyl (C=O) groups is 1. The van der Waals surface area contributed by atoms with Gasteiger partial charge in [-0.3, -0.25) is 4.79 Å². The van der Waals surface area contributed by atoms with Crippen molar-refractivity contribution < 1.29 is 4.79 Å². The summed E-state index contributed by atoms with van der Waals surface area (Å²) in [7, 11) is 0. The average Bonchev–Trinajstić information content (AvgIpc) is 3.25. The van der Waals surface area contributed by atoms with Crippen LogP contribution in [-0.4, -0.2) is 34.1 Å². The quantitative estimate of drug-likeness (QED) is 0.538. The number of piperidine rings is 1. The monoisotopic (exact) mass is 428 g/mol. The van der Waals surface area contributed by atoms with Crippen molar-refractivity contribution >= 4 is 11.6 Å². The molecule has 2 heterocycles. The van der Waals surface area contributed by atoms with Gasteiger partial charge in [-0.25, -0.2) is 4.98 Å². The summed E-state index contributed by atoms with van der Waals surface area (Å²) in [4.78, 5) is 17.7. The van der Waals surface area contributed by atoms with Gasteiger partial charge in [-0.2, -0.15) is 5.26 Å². The van der Waals surface area contributed by atoms with Crippen LogP contribution >= 0.6 is 0 Å². The van der Waals surface area contributed by atoms with Crippen molar-refractivity contribution in [3.05, 3.63) is 83.4 Å². The number of amides is 1. The molecule has 3 aromatic rings. The van der Waals surface area contributed by atoms with E-state index < -0.39 is 5.54 Å². The van der Waals surface area contributed by atoms with E-state index in [0.717, 1.165) is 48.4 Å². The Morgan fingerprint density at radius 2 is 2.00 bits per heavy atom. The number of benzene rings is 2. The molecule has 32 heavy (non-hydrogen) atoms. The molecule has 0 spiro atoms. The Kier molecular flexibility index (Phi) is 6.52. The highest BCUT2D eigenvalue weighted by Gasteiger charge is 2.39. The third-order valence-corrected chi connectivity index (χ3v) is 5.96. The molecule has 7 heteroatoms. The highest BCUT2D eigenvalue weighted by molar-refractivity contribution is 5.89. The molecule has 1 aromatic heterocycles. The average molecular weight is 429 g/mol. The number of anilines is 1. The first-order valence-corrected chi connectivity index (χ1v) is 10.9. The Balaban J connectivity index is 1.44. The van der Waals surface area contributed by atoms with Crippen LogP contribution in [0.3, 0.4) is 0 Å². The number of nitrogens with one attached hydrogen (secondary N) is 3. The Morgan fingerprint density at radius 3 is 2.72 bits per heavy atom. The fourth-order valence-electron chi connectivity index (χ4n) is 4.12. The number of imidazole rings is 1. The van der Waals surface area contributed by atoms with Crippen LogP contribution < -0.4 is 16.0 Å². The summed E-state index contributed by atoms with van der Waals surface area (Å²) in [5, 5.41) is 19.0. The SMILES string of the molecule is Cc1cccc(NC2(C(=O)NCc3cncn3Cc3ccc(C#N)cc3)CCNCC2)c1. The minimum Gasteiger partial charge on any atom is -0.371 e. The standard InChI is InChI=1S/C25H28N6O/c1-19-3-2-4-22(13-19)30-25(9-11-27-12-10-25)24(32)29-16-23-15-28-18-31(23)17-21-7-5-20(14-26)6-8-21/h2-8,13,15,18,27,30H,9-12,16-17H2,1H3,(H,29,32). The third kappa shape index (κ3) is 4.98. The van der Waals surface area contributed by atoms with Crippen LogP contribution in [0.4, 0.5) is 5.69 Å². The first-order valence-electron chi connectivity index (χ1n) is 10.9. The van der Waals surface area contributed by atoms with Gasteiger partial charge in [0.05, 0.1) is 30.2 Å². The lowest BCUT2D eigenvalue weighted by Crippen LogP contribution is -2.57. The van der Waals surface area contributed by atoms with Gasteiger partial charge in [0.15, 0.2) is 0 Å². The fourth-order valence-corrected chi connectivity index (χ4v) is 4.12. The Morgan fingerprint density at radius 1 is 1.22 bits per heavy atom. The van der Waals surface area contributed by atoms with Gasteiger partial charge in [0.2, 0.25) is 5.91 Å². The van der Waals surface area contributed by atoms with E-state index in [2.05, 4.69) is 46.1 Å². The smallest absolute Gasteiger partial charge is 0.246 e. The highest BCUT2D eigenvalue weighted by Crippen LogP contribution is 2.25. The zero-order valence-corrected chi connectivity index (χ0v) is 18.3. The number of aromatic nitrogens is 2. The van der Waals surface area contributed by atoms with Gasteiger partial charge in [0.1, 0.15) is 5.54 Å². The normalized spacial score (nSPS) is 15.0. The molecule has 0 saturated carbocycles. The third-order valence-electron chi connectivity index (χ3n) is 5.96. The van der Waals surface area contributed by atoms with Crippen molar-refractivity contribution in [2.24, 2.45) is 0 Å². The molecule has 1 fully saturated rings. The number of hydrogen-bond acceptors (Lipinski definition) is 5. The van der Waals surface area contributed by atoms with Gasteiger partial charge in [-0.1, -0.05) is 24.3 Å². The molecule has 1 amide bonds. The summed E-state index contributed by atoms with van der Waals surface area (Å²) >= 11 is 0. The summed E-state index contributed by atoms with van der Waals surface area (Å²) in [6, 6.07) is 17.8. The van der Waals surface area contributed by atoms with E-state index in [1.807, 2.05) is 41.0 Å². The summed E-state index contributed by atoms with van der Waals surface area (Å²) in [6.07, 6.45) is 4.99. The van der Waals surface area contributed by atoms with Gasteiger partial charge in [0, 0.05) is 18.4 Å². The molecule has 7 nitrogen and oxygen atoms in total. The van der Waals surface area contributed by atoms with E-state index in [1.54, 1.807) is 12.5 Å². The lowest BCUT2D eigenvalue weighted by molar-refractivity contribution is -0.126. The Labute approximate surface area is 188 Å². The first-order chi connectivity index (χ1) is 15.6. The fraction of sp³-hybridized carbons (Fsp3) is 0.320. The highest BCUT2D eigenvalue weighted by atomic mass is 16.2. The predicted octanol–water partition coefficient (Wildman–Crippen LogP) is 2.96. The topological polar surface area (TPSA) is 94.8 Å². The van der Waals surface area contributed by atoms with Crippen LogP contribution in [-0.2, 0) is 17.9 Å². The molecule has 164 valence electrons. The van der Waals surface area contributed by atoms with Gasteiger partial charge < -0.3 is 20.5 Å². The second kappa shape index (κ2) is 9.67. The van der Waals surface area contributed by atoms with Crippen LogP contribution in [0.2, 0.25) is 0 Å². The number of hydrogen-bond donors (Lipinski definition) is 3. The number of nitriles is 1. The molecule has 0 bridgehead atoms. The Bertz CT molecular complexity index is 1110. The number of nitrogens with zero attached hydrogens (tertiary/aromatic N) is 3. The minimum atomic E-state index is -0.642. The molecule has 0 radical (unpaired) electrons. The zero-order chi connectivity index (χ0) is 22.4. The molecule has 1 aliphatic rings. The molecule has 1 saturated heterocycles. The van der Waals surface area contributed by atoms with E-state index in [1.165, 1.54) is 0 Å². The molecule has 3 N–H and O–H groups in total. The summed E-state index contributed by atoms with van der Waals surface area (Å²) in [6.45, 7) is 4.67. The van der Waals surface area contributed by atoms with Crippen molar-refractivity contribution in [1.82, 2.24) is 20.2 Å². The molecule has 0 atom stereocenters. The molecule has 0 unspecified atom stereocenters. The Hall–Kier alpha value is -3.63. The minimum absolute atomic E-state index is 0.00614. The molecule has 4 rings (SSSR count). The number of aryl methyl sites for hydroxylation is 1. The van der Waals surface area contributed by atoms with Crippen molar-refractivity contribution in [1.29, 1.82) is 5.26 Å². The zero-order valence-electron chi connectivity index (χ0n) is 18.3. The van der Waals surface area contributed by atoms with E-state index in [9.17, 15) is 4.79 Å². The first kappa shape index (κ1) is 21.6.